The normalized spacial score (nSPS) is 22.7. The van der Waals surface area contributed by atoms with Crippen molar-refractivity contribution in [2.24, 2.45) is 0 Å². The molecular formula is C20H31N3O3S. The number of nitrogens with zero attached hydrogens (tertiary/aromatic N) is 2. The maximum absolute atomic E-state index is 12.5. The van der Waals surface area contributed by atoms with E-state index in [-0.39, 0.29) is 23.4 Å². The van der Waals surface area contributed by atoms with Gasteiger partial charge in [-0.1, -0.05) is 43.9 Å². The second-order valence-corrected chi connectivity index (χ2v) is 9.81. The summed E-state index contributed by atoms with van der Waals surface area (Å²) < 4.78 is 26.2. The van der Waals surface area contributed by atoms with Crippen molar-refractivity contribution in [3.63, 3.8) is 0 Å². The Labute approximate surface area is 163 Å². The lowest BCUT2D eigenvalue weighted by molar-refractivity contribution is -0.121. The minimum absolute atomic E-state index is 0.119. The van der Waals surface area contributed by atoms with E-state index in [1.807, 2.05) is 0 Å². The fourth-order valence-corrected chi connectivity index (χ4v) is 5.34. The molecule has 3 rings (SSSR count). The van der Waals surface area contributed by atoms with Crippen molar-refractivity contribution in [2.75, 3.05) is 26.7 Å². The van der Waals surface area contributed by atoms with Crippen LogP contribution in [0.2, 0.25) is 0 Å². The summed E-state index contributed by atoms with van der Waals surface area (Å²) in [7, 11) is -2.18. The second kappa shape index (κ2) is 9.17. The van der Waals surface area contributed by atoms with Gasteiger partial charge in [0.2, 0.25) is 15.9 Å². The van der Waals surface area contributed by atoms with Gasteiger partial charge in [-0.05, 0) is 31.4 Å². The Balaban J connectivity index is 1.49. The van der Waals surface area contributed by atoms with E-state index in [0.717, 1.165) is 23.8 Å². The van der Waals surface area contributed by atoms with Crippen LogP contribution in [0.15, 0.2) is 35.2 Å². The van der Waals surface area contributed by atoms with Gasteiger partial charge in [-0.2, -0.15) is 4.31 Å². The lowest BCUT2D eigenvalue weighted by Gasteiger charge is -2.27. The Hall–Kier alpha value is -1.44. The third-order valence-corrected chi connectivity index (χ3v) is 7.56. The van der Waals surface area contributed by atoms with Crippen LogP contribution in [0.1, 0.15) is 44.9 Å². The first-order valence-corrected chi connectivity index (χ1v) is 11.5. The maximum atomic E-state index is 12.5. The monoisotopic (exact) mass is 393 g/mol. The Morgan fingerprint density at radius 3 is 2.44 bits per heavy atom. The molecule has 1 heterocycles. The molecule has 1 saturated carbocycles. The Kier molecular flexibility index (Phi) is 6.89. The number of carbonyl (C=O) groups excluding carboxylic acids is 1. The van der Waals surface area contributed by atoms with Gasteiger partial charge >= 0.3 is 0 Å². The molecule has 0 aromatic heterocycles. The molecule has 1 aromatic rings. The van der Waals surface area contributed by atoms with E-state index >= 15 is 0 Å². The molecule has 7 heteroatoms. The summed E-state index contributed by atoms with van der Waals surface area (Å²) in [6.07, 6.45) is 8.76. The summed E-state index contributed by atoms with van der Waals surface area (Å²) in [4.78, 5) is 15.1. The molecule has 150 valence electrons. The van der Waals surface area contributed by atoms with E-state index in [2.05, 4.69) is 10.2 Å². The standard InChI is InChI=1S/C20H31N3O3S/c1-22(27(25,26)19-11-7-4-8-12-19)16-20(24)21-17-13-14-23(15-17)18-9-5-2-3-6-10-18/h4,7-8,11-12,17-18H,2-3,5-6,9-10,13-16H2,1H3,(H,21,24). The van der Waals surface area contributed by atoms with Gasteiger partial charge in [0.25, 0.3) is 0 Å². The third kappa shape index (κ3) is 5.30. The van der Waals surface area contributed by atoms with Crippen molar-refractivity contribution in [2.45, 2.75) is 61.9 Å². The summed E-state index contributed by atoms with van der Waals surface area (Å²) in [6, 6.07) is 9.00. The van der Waals surface area contributed by atoms with Crippen LogP contribution in [0.3, 0.4) is 0 Å². The first kappa shape index (κ1) is 20.3. The molecule has 1 amide bonds. The van der Waals surface area contributed by atoms with Crippen LogP contribution < -0.4 is 5.32 Å². The largest absolute Gasteiger partial charge is 0.351 e. The molecule has 2 aliphatic rings. The highest BCUT2D eigenvalue weighted by Gasteiger charge is 2.30. The minimum Gasteiger partial charge on any atom is -0.351 e. The van der Waals surface area contributed by atoms with Crippen LogP contribution in [0.5, 0.6) is 0 Å². The van der Waals surface area contributed by atoms with Gasteiger partial charge in [-0.25, -0.2) is 8.42 Å². The average molecular weight is 394 g/mol. The summed E-state index contributed by atoms with van der Waals surface area (Å²) in [5.74, 6) is -0.232. The highest BCUT2D eigenvalue weighted by Crippen LogP contribution is 2.25. The van der Waals surface area contributed by atoms with Crippen molar-refractivity contribution in [1.29, 1.82) is 0 Å². The molecule has 1 aliphatic carbocycles. The maximum Gasteiger partial charge on any atom is 0.243 e. The summed E-state index contributed by atoms with van der Waals surface area (Å²) in [5, 5.41) is 3.03. The molecule has 27 heavy (non-hydrogen) atoms. The molecule has 1 aromatic carbocycles. The highest BCUT2D eigenvalue weighted by atomic mass is 32.2. The molecule has 1 N–H and O–H groups in total. The molecule has 2 fully saturated rings. The topological polar surface area (TPSA) is 69.7 Å². The van der Waals surface area contributed by atoms with E-state index in [0.29, 0.717) is 6.04 Å². The van der Waals surface area contributed by atoms with Gasteiger partial charge in [0.15, 0.2) is 0 Å². The van der Waals surface area contributed by atoms with Crippen molar-refractivity contribution in [1.82, 2.24) is 14.5 Å². The van der Waals surface area contributed by atoms with Crippen LogP contribution in [-0.4, -0.2) is 62.3 Å². The first-order chi connectivity index (χ1) is 13.0. The average Bonchev–Trinajstić information content (AvgIpc) is 2.94. The molecule has 1 unspecified atom stereocenters. The summed E-state index contributed by atoms with van der Waals surface area (Å²) in [6.45, 7) is 1.75. The van der Waals surface area contributed by atoms with E-state index in [9.17, 15) is 13.2 Å². The zero-order valence-corrected chi connectivity index (χ0v) is 17.0. The number of amides is 1. The van der Waals surface area contributed by atoms with Gasteiger partial charge in [0.1, 0.15) is 0 Å². The van der Waals surface area contributed by atoms with Crippen LogP contribution in [-0.2, 0) is 14.8 Å². The van der Waals surface area contributed by atoms with Crippen molar-refractivity contribution < 1.29 is 13.2 Å². The Morgan fingerprint density at radius 2 is 1.78 bits per heavy atom. The van der Waals surface area contributed by atoms with Crippen LogP contribution in [0, 0.1) is 0 Å². The van der Waals surface area contributed by atoms with Crippen LogP contribution in [0.25, 0.3) is 0 Å². The van der Waals surface area contributed by atoms with Gasteiger partial charge < -0.3 is 5.32 Å². The third-order valence-electron chi connectivity index (χ3n) is 5.74. The Bertz CT molecular complexity index is 715. The molecule has 0 radical (unpaired) electrons. The van der Waals surface area contributed by atoms with Gasteiger partial charge in [-0.3, -0.25) is 9.69 Å². The van der Waals surface area contributed by atoms with Crippen LogP contribution in [0.4, 0.5) is 0 Å². The van der Waals surface area contributed by atoms with Crippen molar-refractivity contribution in [3.8, 4) is 0 Å². The van der Waals surface area contributed by atoms with Crippen LogP contribution >= 0.6 is 0 Å². The lowest BCUT2D eigenvalue weighted by atomic mass is 10.1. The van der Waals surface area contributed by atoms with E-state index < -0.39 is 10.0 Å². The van der Waals surface area contributed by atoms with E-state index in [4.69, 9.17) is 0 Å². The number of nitrogens with one attached hydrogen (secondary N) is 1. The fraction of sp³-hybridized carbons (Fsp3) is 0.650. The number of rotatable bonds is 6. The Morgan fingerprint density at radius 1 is 1.11 bits per heavy atom. The SMILES string of the molecule is CN(CC(=O)NC1CCN(C2CCCCCC2)C1)S(=O)(=O)c1ccccc1. The molecule has 1 saturated heterocycles. The minimum atomic E-state index is -3.64. The molecule has 6 nitrogen and oxygen atoms in total. The molecule has 1 aliphatic heterocycles. The zero-order valence-electron chi connectivity index (χ0n) is 16.1. The van der Waals surface area contributed by atoms with Crippen molar-refractivity contribution in [3.05, 3.63) is 30.3 Å². The predicted octanol–water partition coefficient (Wildman–Crippen LogP) is 2.22. The van der Waals surface area contributed by atoms with E-state index in [1.165, 1.54) is 45.6 Å². The number of sulfonamides is 1. The van der Waals surface area contributed by atoms with Gasteiger partial charge in [-0.15, -0.1) is 0 Å². The number of likely N-dealkylation sites (tertiary alicyclic amines) is 1. The van der Waals surface area contributed by atoms with Crippen molar-refractivity contribution >= 4 is 15.9 Å². The number of hydrogen-bond donors (Lipinski definition) is 1. The number of likely N-dealkylation sites (N-methyl/N-ethyl adjacent to an activating group) is 1. The van der Waals surface area contributed by atoms with Gasteiger partial charge in [0.05, 0.1) is 11.4 Å². The quantitative estimate of drug-likeness (QED) is 0.753. The zero-order chi connectivity index (χ0) is 19.3. The summed E-state index contributed by atoms with van der Waals surface area (Å²) in [5.41, 5.74) is 0. The summed E-state index contributed by atoms with van der Waals surface area (Å²) >= 11 is 0. The molecular weight excluding hydrogens is 362 g/mol. The number of carbonyl (C=O) groups is 1. The fourth-order valence-electron chi connectivity index (χ4n) is 4.19. The number of benzene rings is 1. The molecule has 1 atom stereocenters. The first-order valence-electron chi connectivity index (χ1n) is 10.0. The molecule has 0 bridgehead atoms. The number of hydrogen-bond acceptors (Lipinski definition) is 4. The molecule has 0 spiro atoms. The lowest BCUT2D eigenvalue weighted by Crippen LogP contribution is -2.44. The highest BCUT2D eigenvalue weighted by molar-refractivity contribution is 7.89. The van der Waals surface area contributed by atoms with Gasteiger partial charge in [0, 0.05) is 32.2 Å². The second-order valence-electron chi connectivity index (χ2n) is 7.77. The smallest absolute Gasteiger partial charge is 0.243 e. The van der Waals surface area contributed by atoms with E-state index in [1.54, 1.807) is 30.3 Å². The predicted molar refractivity (Wildman–Crippen MR) is 106 cm³/mol.